The number of ether oxygens (including phenoxy) is 3. The molecule has 6 heteroatoms. The van der Waals surface area contributed by atoms with Gasteiger partial charge in [0.25, 0.3) is 5.91 Å². The van der Waals surface area contributed by atoms with Crippen LogP contribution in [0.5, 0.6) is 5.75 Å². The van der Waals surface area contributed by atoms with Gasteiger partial charge in [0.15, 0.2) is 5.60 Å². The lowest BCUT2D eigenvalue weighted by molar-refractivity contribution is -0.138. The smallest absolute Gasteiger partial charge is 0.263 e. The van der Waals surface area contributed by atoms with Gasteiger partial charge in [0.2, 0.25) is 0 Å². The molecule has 0 radical (unpaired) electrons. The van der Waals surface area contributed by atoms with Gasteiger partial charge in [-0.3, -0.25) is 4.79 Å². The van der Waals surface area contributed by atoms with E-state index in [4.69, 9.17) is 25.8 Å². The van der Waals surface area contributed by atoms with Crippen molar-refractivity contribution < 1.29 is 19.0 Å². The molecule has 1 amide bonds. The predicted octanol–water partition coefficient (Wildman–Crippen LogP) is 3.03. The summed E-state index contributed by atoms with van der Waals surface area (Å²) in [5, 5.41) is 3.74. The first-order chi connectivity index (χ1) is 11.2. The highest BCUT2D eigenvalue weighted by atomic mass is 35.5. The normalized spacial score (nSPS) is 21.4. The highest BCUT2D eigenvalue weighted by Crippen LogP contribution is 2.28. The molecule has 0 aromatic heterocycles. The van der Waals surface area contributed by atoms with Crippen molar-refractivity contribution in [1.29, 1.82) is 0 Å². The number of aryl methyl sites for hydroxylation is 2. The van der Waals surface area contributed by atoms with E-state index >= 15 is 0 Å². The second-order valence-corrected chi connectivity index (χ2v) is 7.08. The SMILES string of the molecule is CO[C@@H]1COCC[C@H]1NC(=O)C(C)(C)Oc1cc(C)c(Cl)c(C)c1. The fourth-order valence-electron chi connectivity index (χ4n) is 2.76. The quantitative estimate of drug-likeness (QED) is 0.882. The number of hydrogen-bond donors (Lipinski definition) is 1. The number of nitrogens with one attached hydrogen (secondary N) is 1. The standard InChI is InChI=1S/C18H26ClNO4/c1-11-8-13(9-12(2)16(11)19)24-18(3,4)17(21)20-14-6-7-23-10-15(14)22-5/h8-9,14-15H,6-7,10H2,1-5H3,(H,20,21)/t14-,15-/m1/s1. The van der Waals surface area contributed by atoms with Crippen LogP contribution in [0.1, 0.15) is 31.4 Å². The minimum Gasteiger partial charge on any atom is -0.478 e. The lowest BCUT2D eigenvalue weighted by Crippen LogP contribution is -2.56. The first-order valence-electron chi connectivity index (χ1n) is 8.12. The fourth-order valence-corrected chi connectivity index (χ4v) is 2.87. The number of benzene rings is 1. The van der Waals surface area contributed by atoms with Gasteiger partial charge in [-0.2, -0.15) is 0 Å². The molecular formula is C18H26ClNO4. The van der Waals surface area contributed by atoms with Crippen molar-refractivity contribution in [3.8, 4) is 5.75 Å². The Bertz CT molecular complexity index is 580. The Hall–Kier alpha value is -1.30. The second-order valence-electron chi connectivity index (χ2n) is 6.70. The van der Waals surface area contributed by atoms with Crippen molar-refractivity contribution in [2.24, 2.45) is 0 Å². The topological polar surface area (TPSA) is 56.8 Å². The van der Waals surface area contributed by atoms with Gasteiger partial charge in [-0.05, 0) is 57.4 Å². The van der Waals surface area contributed by atoms with E-state index in [9.17, 15) is 4.79 Å². The number of halogens is 1. The van der Waals surface area contributed by atoms with E-state index in [2.05, 4.69) is 5.32 Å². The maximum atomic E-state index is 12.7. The molecule has 1 heterocycles. The van der Waals surface area contributed by atoms with Crippen LogP contribution in [0.3, 0.4) is 0 Å². The number of rotatable bonds is 5. The molecule has 1 N–H and O–H groups in total. The van der Waals surface area contributed by atoms with Crippen molar-refractivity contribution in [1.82, 2.24) is 5.32 Å². The first-order valence-corrected chi connectivity index (χ1v) is 8.49. The van der Waals surface area contributed by atoms with Crippen LogP contribution >= 0.6 is 11.6 Å². The molecular weight excluding hydrogens is 330 g/mol. The molecule has 1 aromatic rings. The van der Waals surface area contributed by atoms with Gasteiger partial charge in [-0.1, -0.05) is 11.6 Å². The second kappa shape index (κ2) is 7.72. The van der Waals surface area contributed by atoms with Crippen molar-refractivity contribution in [2.45, 2.75) is 51.9 Å². The summed E-state index contributed by atoms with van der Waals surface area (Å²) in [4.78, 5) is 12.7. The van der Waals surface area contributed by atoms with Gasteiger partial charge >= 0.3 is 0 Å². The highest BCUT2D eigenvalue weighted by molar-refractivity contribution is 6.32. The van der Waals surface area contributed by atoms with E-state index in [1.54, 1.807) is 21.0 Å². The van der Waals surface area contributed by atoms with Crippen LogP contribution in [0.4, 0.5) is 0 Å². The number of carbonyl (C=O) groups excluding carboxylic acids is 1. The van der Waals surface area contributed by atoms with Crippen LogP contribution in [0.15, 0.2) is 12.1 Å². The molecule has 1 fully saturated rings. The number of hydrogen-bond acceptors (Lipinski definition) is 4. The molecule has 1 aliphatic heterocycles. The molecule has 2 atom stereocenters. The van der Waals surface area contributed by atoms with Crippen LogP contribution < -0.4 is 10.1 Å². The molecule has 1 aliphatic rings. The zero-order chi connectivity index (χ0) is 17.9. The van der Waals surface area contributed by atoms with E-state index in [-0.39, 0.29) is 18.1 Å². The fraction of sp³-hybridized carbons (Fsp3) is 0.611. The average molecular weight is 356 g/mol. The Morgan fingerprint density at radius 3 is 2.54 bits per heavy atom. The van der Waals surface area contributed by atoms with E-state index in [1.165, 1.54) is 0 Å². The van der Waals surface area contributed by atoms with Gasteiger partial charge in [0, 0.05) is 18.7 Å². The van der Waals surface area contributed by atoms with Gasteiger partial charge in [0.05, 0.1) is 12.6 Å². The summed E-state index contributed by atoms with van der Waals surface area (Å²) in [6, 6.07) is 3.61. The maximum Gasteiger partial charge on any atom is 0.263 e. The first kappa shape index (κ1) is 19.0. The van der Waals surface area contributed by atoms with Gasteiger partial charge in [0.1, 0.15) is 11.9 Å². The Labute approximate surface area is 148 Å². The van der Waals surface area contributed by atoms with Crippen molar-refractivity contribution >= 4 is 17.5 Å². The molecule has 0 aliphatic carbocycles. The van der Waals surface area contributed by atoms with Crippen LogP contribution in [0.25, 0.3) is 0 Å². The van der Waals surface area contributed by atoms with E-state index in [1.807, 2.05) is 26.0 Å². The summed E-state index contributed by atoms with van der Waals surface area (Å²) >= 11 is 6.18. The molecule has 1 saturated heterocycles. The van der Waals surface area contributed by atoms with Crippen molar-refractivity contribution in [3.05, 3.63) is 28.3 Å². The lowest BCUT2D eigenvalue weighted by Gasteiger charge is -2.34. The number of methoxy groups -OCH3 is 1. The zero-order valence-electron chi connectivity index (χ0n) is 14.9. The summed E-state index contributed by atoms with van der Waals surface area (Å²) in [5.74, 6) is 0.450. The third kappa shape index (κ3) is 4.41. The van der Waals surface area contributed by atoms with E-state index < -0.39 is 5.60 Å². The lowest BCUT2D eigenvalue weighted by atomic mass is 10.0. The summed E-state index contributed by atoms with van der Waals surface area (Å²) in [6.07, 6.45) is 0.581. The predicted molar refractivity (Wildman–Crippen MR) is 93.8 cm³/mol. The third-order valence-corrected chi connectivity index (χ3v) is 4.85. The van der Waals surface area contributed by atoms with Gasteiger partial charge in [-0.25, -0.2) is 0 Å². The largest absolute Gasteiger partial charge is 0.478 e. The van der Waals surface area contributed by atoms with Crippen LogP contribution in [-0.2, 0) is 14.3 Å². The van der Waals surface area contributed by atoms with Crippen LogP contribution in [0, 0.1) is 13.8 Å². The minimum atomic E-state index is -1.01. The third-order valence-electron chi connectivity index (χ3n) is 4.25. The molecule has 134 valence electrons. The van der Waals surface area contributed by atoms with Crippen LogP contribution in [-0.4, -0.2) is 44.0 Å². The van der Waals surface area contributed by atoms with Gasteiger partial charge < -0.3 is 19.5 Å². The number of amides is 1. The van der Waals surface area contributed by atoms with E-state index in [0.717, 1.165) is 22.6 Å². The maximum absolute atomic E-state index is 12.7. The number of carbonyl (C=O) groups is 1. The zero-order valence-corrected chi connectivity index (χ0v) is 15.7. The monoisotopic (exact) mass is 355 g/mol. The molecule has 24 heavy (non-hydrogen) atoms. The summed E-state index contributed by atoms with van der Waals surface area (Å²) in [7, 11) is 1.62. The molecule has 2 rings (SSSR count). The molecule has 0 bridgehead atoms. The Morgan fingerprint density at radius 2 is 1.96 bits per heavy atom. The molecule has 0 unspecified atom stereocenters. The van der Waals surface area contributed by atoms with Crippen molar-refractivity contribution in [3.63, 3.8) is 0 Å². The molecule has 0 spiro atoms. The van der Waals surface area contributed by atoms with Gasteiger partial charge in [-0.15, -0.1) is 0 Å². The summed E-state index contributed by atoms with van der Waals surface area (Å²) < 4.78 is 16.7. The van der Waals surface area contributed by atoms with Crippen molar-refractivity contribution in [2.75, 3.05) is 20.3 Å². The minimum absolute atomic E-state index is 0.0761. The summed E-state index contributed by atoms with van der Waals surface area (Å²) in [6.45, 7) is 8.44. The van der Waals surface area contributed by atoms with Crippen LogP contribution in [0.2, 0.25) is 5.02 Å². The average Bonchev–Trinajstić information content (AvgIpc) is 2.52. The Kier molecular flexibility index (Phi) is 6.12. The highest BCUT2D eigenvalue weighted by Gasteiger charge is 2.35. The molecule has 0 saturated carbocycles. The Morgan fingerprint density at radius 1 is 1.33 bits per heavy atom. The molecule has 1 aromatic carbocycles. The summed E-state index contributed by atoms with van der Waals surface area (Å²) in [5.41, 5.74) is 0.835. The van der Waals surface area contributed by atoms with E-state index in [0.29, 0.717) is 19.0 Å². The Balaban J connectivity index is 2.07. The molecule has 5 nitrogen and oxygen atoms in total.